The maximum atomic E-state index is 6.25. The van der Waals surface area contributed by atoms with Crippen molar-refractivity contribution in [3.63, 3.8) is 0 Å². The number of rotatable bonds is 1. The summed E-state index contributed by atoms with van der Waals surface area (Å²) in [5.41, 5.74) is 2.51. The highest BCUT2D eigenvalue weighted by Crippen LogP contribution is 2.27. The van der Waals surface area contributed by atoms with E-state index in [0.717, 1.165) is 30.1 Å². The summed E-state index contributed by atoms with van der Waals surface area (Å²) in [6.07, 6.45) is 1.16. The van der Waals surface area contributed by atoms with Gasteiger partial charge in [-0.2, -0.15) is 0 Å². The fourth-order valence-corrected chi connectivity index (χ4v) is 2.69. The molecule has 1 atom stereocenters. The largest absolute Gasteiger partial charge is 0.367 e. The molecule has 1 fully saturated rings. The van der Waals surface area contributed by atoms with Gasteiger partial charge >= 0.3 is 0 Å². The summed E-state index contributed by atoms with van der Waals surface area (Å²) in [6, 6.07) is 6.92. The first-order chi connectivity index (χ1) is 8.39. The molecule has 0 bridgehead atoms. The van der Waals surface area contributed by atoms with Gasteiger partial charge in [-0.05, 0) is 58.4 Å². The van der Waals surface area contributed by atoms with E-state index in [2.05, 4.69) is 49.2 Å². The Morgan fingerprint density at radius 2 is 2.11 bits per heavy atom. The molecule has 100 valence electrons. The molecule has 1 aliphatic rings. The van der Waals surface area contributed by atoms with Crippen LogP contribution in [0.2, 0.25) is 5.02 Å². The molecule has 0 aromatic heterocycles. The highest BCUT2D eigenvalue weighted by Gasteiger charge is 2.28. The Balaban J connectivity index is 2.30. The van der Waals surface area contributed by atoms with E-state index in [4.69, 9.17) is 11.6 Å². The van der Waals surface area contributed by atoms with E-state index in [1.54, 1.807) is 0 Å². The molecule has 0 radical (unpaired) electrons. The van der Waals surface area contributed by atoms with E-state index in [1.165, 1.54) is 5.69 Å². The lowest BCUT2D eigenvalue weighted by Gasteiger charge is -2.35. The minimum Gasteiger partial charge on any atom is -0.367 e. The second-order valence-electron chi connectivity index (χ2n) is 6.01. The summed E-state index contributed by atoms with van der Waals surface area (Å²) >= 11 is 6.25. The zero-order valence-electron chi connectivity index (χ0n) is 11.8. The van der Waals surface area contributed by atoms with E-state index < -0.39 is 0 Å². The van der Waals surface area contributed by atoms with Crippen molar-refractivity contribution in [1.29, 1.82) is 0 Å². The van der Waals surface area contributed by atoms with Crippen LogP contribution in [0.25, 0.3) is 0 Å². The third-order valence-electron chi connectivity index (χ3n) is 3.75. The number of halogens is 1. The monoisotopic (exact) mass is 266 g/mol. The van der Waals surface area contributed by atoms with Gasteiger partial charge in [0.15, 0.2) is 0 Å². The molecule has 1 saturated heterocycles. The van der Waals surface area contributed by atoms with Crippen LogP contribution in [0.4, 0.5) is 5.69 Å². The quantitative estimate of drug-likeness (QED) is 0.835. The molecule has 18 heavy (non-hydrogen) atoms. The second kappa shape index (κ2) is 5.10. The van der Waals surface area contributed by atoms with Gasteiger partial charge in [-0.1, -0.05) is 17.7 Å². The summed E-state index contributed by atoms with van der Waals surface area (Å²) in [5, 5.41) is 4.46. The van der Waals surface area contributed by atoms with Crippen LogP contribution in [0.1, 0.15) is 32.8 Å². The Labute approximate surface area is 115 Å². The Hall–Kier alpha value is -0.730. The van der Waals surface area contributed by atoms with Gasteiger partial charge in [0.2, 0.25) is 0 Å². The molecule has 0 saturated carbocycles. The van der Waals surface area contributed by atoms with Crippen LogP contribution in [0, 0.1) is 6.92 Å². The van der Waals surface area contributed by atoms with Crippen molar-refractivity contribution in [2.45, 2.75) is 45.7 Å². The van der Waals surface area contributed by atoms with Crippen molar-refractivity contribution >= 4 is 17.3 Å². The zero-order valence-corrected chi connectivity index (χ0v) is 12.5. The minimum absolute atomic E-state index is 0.141. The average molecular weight is 267 g/mol. The summed E-state index contributed by atoms with van der Waals surface area (Å²) in [7, 11) is 0. The van der Waals surface area contributed by atoms with Gasteiger partial charge in [0, 0.05) is 28.8 Å². The number of hydrogen-bond acceptors (Lipinski definition) is 2. The lowest BCUT2D eigenvalue weighted by Crippen LogP contribution is -2.47. The predicted molar refractivity (Wildman–Crippen MR) is 79.7 cm³/mol. The lowest BCUT2D eigenvalue weighted by molar-refractivity contribution is 0.415. The highest BCUT2D eigenvalue weighted by molar-refractivity contribution is 6.31. The Morgan fingerprint density at radius 1 is 1.39 bits per heavy atom. The molecule has 1 aromatic rings. The van der Waals surface area contributed by atoms with Crippen molar-refractivity contribution in [3.05, 3.63) is 28.8 Å². The number of nitrogens with one attached hydrogen (secondary N) is 1. The number of nitrogens with zero attached hydrogens (tertiary/aromatic N) is 1. The van der Waals surface area contributed by atoms with Crippen molar-refractivity contribution in [3.8, 4) is 0 Å². The normalized spacial score (nSPS) is 23.8. The SMILES string of the molecule is Cc1ccc(N2CC(C)(C)NCCC2C)cc1Cl. The van der Waals surface area contributed by atoms with E-state index in [1.807, 2.05) is 6.92 Å². The van der Waals surface area contributed by atoms with Crippen molar-refractivity contribution in [2.75, 3.05) is 18.0 Å². The standard InChI is InChI=1S/C15H23ClN2/c1-11-5-6-13(9-14(11)16)18-10-15(3,4)17-8-7-12(18)2/h5-6,9,12,17H,7-8,10H2,1-4H3. The fourth-order valence-electron chi connectivity index (χ4n) is 2.52. The van der Waals surface area contributed by atoms with Gasteiger partial charge in [-0.3, -0.25) is 0 Å². The van der Waals surface area contributed by atoms with E-state index >= 15 is 0 Å². The van der Waals surface area contributed by atoms with Gasteiger partial charge in [0.05, 0.1) is 0 Å². The molecule has 1 unspecified atom stereocenters. The molecule has 1 heterocycles. The van der Waals surface area contributed by atoms with Crippen LogP contribution in [0.3, 0.4) is 0 Å². The molecular formula is C15H23ClN2. The van der Waals surface area contributed by atoms with E-state index in [-0.39, 0.29) is 5.54 Å². The number of aryl methyl sites for hydroxylation is 1. The molecule has 1 N–H and O–H groups in total. The smallest absolute Gasteiger partial charge is 0.0455 e. The summed E-state index contributed by atoms with van der Waals surface area (Å²) in [5.74, 6) is 0. The maximum Gasteiger partial charge on any atom is 0.0455 e. The molecule has 2 nitrogen and oxygen atoms in total. The van der Waals surface area contributed by atoms with Gasteiger partial charge in [-0.15, -0.1) is 0 Å². The molecule has 1 aromatic carbocycles. The topological polar surface area (TPSA) is 15.3 Å². The Kier molecular flexibility index (Phi) is 3.88. The number of anilines is 1. The third-order valence-corrected chi connectivity index (χ3v) is 4.16. The molecule has 0 aliphatic carbocycles. The zero-order chi connectivity index (χ0) is 13.3. The van der Waals surface area contributed by atoms with Crippen molar-refractivity contribution in [2.24, 2.45) is 0 Å². The van der Waals surface area contributed by atoms with Crippen LogP contribution < -0.4 is 10.2 Å². The number of hydrogen-bond donors (Lipinski definition) is 1. The van der Waals surface area contributed by atoms with Crippen LogP contribution in [0.5, 0.6) is 0 Å². The van der Waals surface area contributed by atoms with Crippen LogP contribution in [-0.4, -0.2) is 24.7 Å². The first-order valence-corrected chi connectivity index (χ1v) is 7.05. The van der Waals surface area contributed by atoms with Gasteiger partial charge in [0.25, 0.3) is 0 Å². The third kappa shape index (κ3) is 2.99. The predicted octanol–water partition coefficient (Wildman–Crippen LogP) is 3.62. The van der Waals surface area contributed by atoms with Crippen molar-refractivity contribution < 1.29 is 0 Å². The summed E-state index contributed by atoms with van der Waals surface area (Å²) in [4.78, 5) is 2.46. The number of benzene rings is 1. The van der Waals surface area contributed by atoms with Gasteiger partial charge in [0.1, 0.15) is 0 Å². The van der Waals surface area contributed by atoms with Crippen LogP contribution >= 0.6 is 11.6 Å². The minimum atomic E-state index is 0.141. The second-order valence-corrected chi connectivity index (χ2v) is 6.42. The van der Waals surface area contributed by atoms with E-state index in [9.17, 15) is 0 Å². The molecular weight excluding hydrogens is 244 g/mol. The van der Waals surface area contributed by atoms with Crippen LogP contribution in [0.15, 0.2) is 18.2 Å². The summed E-state index contributed by atoms with van der Waals surface area (Å²) < 4.78 is 0. The molecule has 2 rings (SSSR count). The maximum absolute atomic E-state index is 6.25. The Morgan fingerprint density at radius 3 is 2.78 bits per heavy atom. The first kappa shape index (κ1) is 13.7. The summed E-state index contributed by atoms with van der Waals surface area (Å²) in [6.45, 7) is 10.9. The molecule has 0 amide bonds. The Bertz CT molecular complexity index is 429. The van der Waals surface area contributed by atoms with E-state index in [0.29, 0.717) is 6.04 Å². The van der Waals surface area contributed by atoms with Crippen LogP contribution in [-0.2, 0) is 0 Å². The molecule has 0 spiro atoms. The molecule has 3 heteroatoms. The van der Waals surface area contributed by atoms with Gasteiger partial charge in [-0.25, -0.2) is 0 Å². The van der Waals surface area contributed by atoms with Gasteiger partial charge < -0.3 is 10.2 Å². The fraction of sp³-hybridized carbons (Fsp3) is 0.600. The molecule has 1 aliphatic heterocycles. The first-order valence-electron chi connectivity index (χ1n) is 6.67. The highest BCUT2D eigenvalue weighted by atomic mass is 35.5. The van der Waals surface area contributed by atoms with Crippen molar-refractivity contribution in [1.82, 2.24) is 5.32 Å². The average Bonchev–Trinajstić information content (AvgIpc) is 2.42. The lowest BCUT2D eigenvalue weighted by atomic mass is 10.0.